The van der Waals surface area contributed by atoms with E-state index in [4.69, 9.17) is 17.3 Å². The molecule has 11 heteroatoms. The fourth-order valence-corrected chi connectivity index (χ4v) is 3.84. The number of rotatable bonds is 9. The summed E-state index contributed by atoms with van der Waals surface area (Å²) in [6.07, 6.45) is 1.29. The molecule has 0 saturated carbocycles. The van der Waals surface area contributed by atoms with Crippen LogP contribution < -0.4 is 20.9 Å². The first-order valence-corrected chi connectivity index (χ1v) is 11.2. The van der Waals surface area contributed by atoms with E-state index in [1.54, 1.807) is 0 Å². The number of imidazole rings is 1. The fourth-order valence-electron chi connectivity index (χ4n) is 3.71. The van der Waals surface area contributed by atoms with Gasteiger partial charge in [0.2, 0.25) is 0 Å². The van der Waals surface area contributed by atoms with Crippen molar-refractivity contribution in [2.75, 3.05) is 32.9 Å². The van der Waals surface area contributed by atoms with Gasteiger partial charge in [-0.15, -0.1) is 0 Å². The molecular formula is C22H30ClN8O2+. The monoisotopic (exact) mass is 473 g/mol. The maximum atomic E-state index is 12.7. The number of anilines is 1. The molecule has 0 saturated heterocycles. The number of benzene rings is 1. The number of aromatic nitrogens is 4. The molecule has 0 aliphatic carbocycles. The van der Waals surface area contributed by atoms with E-state index in [1.807, 2.05) is 51.0 Å². The summed E-state index contributed by atoms with van der Waals surface area (Å²) in [5.74, 6) is 0.331. The highest BCUT2D eigenvalue weighted by molar-refractivity contribution is 6.29. The van der Waals surface area contributed by atoms with E-state index >= 15 is 0 Å². The second kappa shape index (κ2) is 10.6. The highest BCUT2D eigenvalue weighted by Gasteiger charge is 2.25. The van der Waals surface area contributed by atoms with Crippen molar-refractivity contribution in [3.8, 4) is 0 Å². The predicted molar refractivity (Wildman–Crippen MR) is 127 cm³/mol. The second-order valence-electron chi connectivity index (χ2n) is 7.78. The van der Waals surface area contributed by atoms with Gasteiger partial charge < -0.3 is 21.3 Å². The van der Waals surface area contributed by atoms with Crippen molar-refractivity contribution < 1.29 is 14.2 Å². The summed E-state index contributed by atoms with van der Waals surface area (Å²) in [4.78, 5) is 35.2. The lowest BCUT2D eigenvalue weighted by atomic mass is 10.2. The normalized spacial score (nSPS) is 11.2. The first-order chi connectivity index (χ1) is 15.8. The summed E-state index contributed by atoms with van der Waals surface area (Å²) < 4.78 is 4.20. The smallest absolute Gasteiger partial charge is 0.277 e. The predicted octanol–water partition coefficient (Wildman–Crippen LogP) is 1.22. The van der Waals surface area contributed by atoms with Crippen LogP contribution in [0.2, 0.25) is 5.15 Å². The van der Waals surface area contributed by atoms with E-state index in [1.165, 1.54) is 6.20 Å². The van der Waals surface area contributed by atoms with Crippen LogP contribution in [0.3, 0.4) is 0 Å². The van der Waals surface area contributed by atoms with Crippen LogP contribution in [0.15, 0.2) is 24.4 Å². The molecule has 176 valence electrons. The number of carbonyl (C=O) groups excluding carboxylic acids is 2. The zero-order valence-electron chi connectivity index (χ0n) is 19.4. The van der Waals surface area contributed by atoms with Gasteiger partial charge in [-0.25, -0.2) is 19.1 Å². The molecule has 2 heterocycles. The van der Waals surface area contributed by atoms with Gasteiger partial charge in [0, 0.05) is 24.7 Å². The minimum atomic E-state index is -0.459. The van der Waals surface area contributed by atoms with Crippen LogP contribution in [-0.2, 0) is 19.6 Å². The van der Waals surface area contributed by atoms with Crippen LogP contribution >= 0.6 is 11.6 Å². The molecule has 4 N–H and O–H groups in total. The molecule has 0 fully saturated rings. The molecule has 0 aliphatic rings. The van der Waals surface area contributed by atoms with Crippen molar-refractivity contribution in [2.45, 2.75) is 33.5 Å². The molecule has 2 amide bonds. The third kappa shape index (κ3) is 5.40. The molecule has 3 aromatic rings. The topological polar surface area (TPSA) is 122 Å². The Bertz CT molecular complexity index is 1170. The van der Waals surface area contributed by atoms with Gasteiger partial charge in [-0.05, 0) is 40.1 Å². The molecule has 0 bridgehead atoms. The molecule has 0 atom stereocenters. The first-order valence-electron chi connectivity index (χ1n) is 10.8. The number of amides is 2. The molecule has 33 heavy (non-hydrogen) atoms. The van der Waals surface area contributed by atoms with E-state index in [0.29, 0.717) is 25.2 Å². The lowest BCUT2D eigenvalue weighted by Crippen LogP contribution is -2.40. The van der Waals surface area contributed by atoms with Crippen LogP contribution in [0, 0.1) is 0 Å². The molecular weight excluding hydrogens is 444 g/mol. The summed E-state index contributed by atoms with van der Waals surface area (Å²) in [5, 5.41) is 5.91. The van der Waals surface area contributed by atoms with E-state index < -0.39 is 5.91 Å². The standard InChI is InChI=1S/C22H29ClN8O2/c1-5-30-15-8-7-14(21(32)25-9-10-29(3)4)11-16(15)31(6-2)18(30)13-27-22(33)19-20(24)26-12-17(23)28-19/h7-8,11-12H,5-6,9-10,13H2,1-4H3,(H3-,24,25,26,27,32,33)/p+1. The SMILES string of the molecule is CCn1c(CNC(=O)c2nc(Cl)cnc2N)[n+](CC)c2ccc(C(=O)NCCN(C)C)cc21. The first kappa shape index (κ1) is 24.4. The van der Waals surface area contributed by atoms with Crippen LogP contribution in [0.4, 0.5) is 5.82 Å². The van der Waals surface area contributed by atoms with Crippen molar-refractivity contribution in [3.63, 3.8) is 0 Å². The van der Waals surface area contributed by atoms with Gasteiger partial charge in [-0.1, -0.05) is 11.6 Å². The van der Waals surface area contributed by atoms with E-state index in [0.717, 1.165) is 23.4 Å². The van der Waals surface area contributed by atoms with Gasteiger partial charge in [0.05, 0.1) is 19.3 Å². The second-order valence-corrected chi connectivity index (χ2v) is 8.16. The zero-order chi connectivity index (χ0) is 24.1. The van der Waals surface area contributed by atoms with Gasteiger partial charge in [0.1, 0.15) is 11.7 Å². The molecule has 10 nitrogen and oxygen atoms in total. The Kier molecular flexibility index (Phi) is 7.83. The highest BCUT2D eigenvalue weighted by atomic mass is 35.5. The van der Waals surface area contributed by atoms with Crippen molar-refractivity contribution in [2.24, 2.45) is 0 Å². The average molecular weight is 474 g/mol. The summed E-state index contributed by atoms with van der Waals surface area (Å²) in [5.41, 5.74) is 8.27. The Morgan fingerprint density at radius 2 is 1.97 bits per heavy atom. The number of likely N-dealkylation sites (N-methyl/N-ethyl adjacent to an activating group) is 1. The Hall–Kier alpha value is -3.24. The third-order valence-electron chi connectivity index (χ3n) is 5.31. The fraction of sp³-hybridized carbons (Fsp3) is 0.409. The van der Waals surface area contributed by atoms with E-state index in [2.05, 4.69) is 29.7 Å². The summed E-state index contributed by atoms with van der Waals surface area (Å²) >= 11 is 5.86. The minimum Gasteiger partial charge on any atom is -0.382 e. The summed E-state index contributed by atoms with van der Waals surface area (Å²) in [6.45, 7) is 7.00. The Labute approximate surface area is 197 Å². The summed E-state index contributed by atoms with van der Waals surface area (Å²) in [7, 11) is 3.92. The molecule has 2 aromatic heterocycles. The number of carbonyl (C=O) groups is 2. The van der Waals surface area contributed by atoms with Crippen LogP contribution in [0.5, 0.6) is 0 Å². The minimum absolute atomic E-state index is 0.0126. The van der Waals surface area contributed by atoms with Crippen molar-refractivity contribution in [3.05, 3.63) is 46.6 Å². The van der Waals surface area contributed by atoms with E-state index in [9.17, 15) is 9.59 Å². The number of nitrogens with one attached hydrogen (secondary N) is 2. The molecule has 0 radical (unpaired) electrons. The number of nitrogens with two attached hydrogens (primary N) is 1. The maximum Gasteiger partial charge on any atom is 0.277 e. The molecule has 3 rings (SSSR count). The number of fused-ring (bicyclic) bond motifs is 1. The van der Waals surface area contributed by atoms with Gasteiger partial charge in [0.25, 0.3) is 17.6 Å². The molecule has 0 aliphatic heterocycles. The Balaban J connectivity index is 1.89. The average Bonchev–Trinajstić information content (AvgIpc) is 3.10. The maximum absolute atomic E-state index is 12.7. The van der Waals surface area contributed by atoms with Crippen molar-refractivity contribution in [1.29, 1.82) is 0 Å². The van der Waals surface area contributed by atoms with E-state index in [-0.39, 0.29) is 29.1 Å². The zero-order valence-corrected chi connectivity index (χ0v) is 20.1. The summed E-state index contributed by atoms with van der Waals surface area (Å²) in [6, 6.07) is 5.66. The highest BCUT2D eigenvalue weighted by Crippen LogP contribution is 2.18. The van der Waals surface area contributed by atoms with Gasteiger partial charge in [-0.2, -0.15) is 0 Å². The van der Waals surface area contributed by atoms with Gasteiger partial charge >= 0.3 is 0 Å². The lowest BCUT2D eigenvalue weighted by Gasteiger charge is -2.10. The van der Waals surface area contributed by atoms with Crippen LogP contribution in [0.1, 0.15) is 40.5 Å². The van der Waals surface area contributed by atoms with Crippen molar-refractivity contribution >= 4 is 40.3 Å². The van der Waals surface area contributed by atoms with Gasteiger partial charge in [-0.3, -0.25) is 9.59 Å². The number of nitrogens with zero attached hydrogens (tertiary/aromatic N) is 5. The third-order valence-corrected chi connectivity index (χ3v) is 5.50. The molecule has 0 spiro atoms. The van der Waals surface area contributed by atoms with Crippen LogP contribution in [0.25, 0.3) is 11.0 Å². The number of nitrogen functional groups attached to an aromatic ring is 1. The number of hydrogen-bond donors (Lipinski definition) is 3. The lowest BCUT2D eigenvalue weighted by molar-refractivity contribution is -0.676. The molecule has 1 aromatic carbocycles. The Morgan fingerprint density at radius 1 is 1.21 bits per heavy atom. The van der Waals surface area contributed by atoms with Crippen LogP contribution in [-0.4, -0.2) is 58.4 Å². The number of halogens is 1. The largest absolute Gasteiger partial charge is 0.382 e. The van der Waals surface area contributed by atoms with Gasteiger partial charge in [0.15, 0.2) is 22.5 Å². The van der Waals surface area contributed by atoms with Crippen molar-refractivity contribution in [1.82, 2.24) is 30.1 Å². The quantitative estimate of drug-likeness (QED) is 0.401. The molecule has 0 unspecified atom stereocenters. The number of hydrogen-bond acceptors (Lipinski definition) is 6. The Morgan fingerprint density at radius 3 is 2.64 bits per heavy atom. The number of aryl methyl sites for hydroxylation is 2.